The van der Waals surface area contributed by atoms with Crippen molar-refractivity contribution in [3.63, 3.8) is 0 Å². The summed E-state index contributed by atoms with van der Waals surface area (Å²) < 4.78 is 13.9. The molecular formula is C24H31FN4O4. The van der Waals surface area contributed by atoms with Crippen LogP contribution in [0.1, 0.15) is 37.3 Å². The van der Waals surface area contributed by atoms with Crippen molar-refractivity contribution in [1.29, 1.82) is 0 Å². The van der Waals surface area contributed by atoms with Gasteiger partial charge in [0.2, 0.25) is 11.8 Å². The van der Waals surface area contributed by atoms with Gasteiger partial charge in [-0.2, -0.15) is 0 Å². The molecule has 0 aliphatic rings. The number of aliphatic carboxylic acids is 1. The molecule has 2 aromatic rings. The van der Waals surface area contributed by atoms with Gasteiger partial charge >= 0.3 is 5.97 Å². The summed E-state index contributed by atoms with van der Waals surface area (Å²) in [6.45, 7) is 1.94. The predicted octanol–water partition coefficient (Wildman–Crippen LogP) is 1.92. The van der Waals surface area contributed by atoms with Crippen LogP contribution >= 0.6 is 0 Å². The fourth-order valence-electron chi connectivity index (χ4n) is 3.47. The zero-order chi connectivity index (χ0) is 24.4. The standard InChI is InChI=1S/C24H31FN4O4/c1-3-4-11-20(28-22(30)19(26)14-17-9-5-6-10-18(17)25)23(31)29(2)21(24(32)33)13-16-8-7-12-27-15-16/h5-10,12,15,19-21H,3-4,11,13-14,26H2,1-2H3,(H,28,30)(H,32,33)/t19-,20-,21-/m0/s1. The summed E-state index contributed by atoms with van der Waals surface area (Å²) in [5.41, 5.74) is 6.95. The van der Waals surface area contributed by atoms with Crippen molar-refractivity contribution >= 4 is 17.8 Å². The van der Waals surface area contributed by atoms with Crippen LogP contribution in [0, 0.1) is 5.82 Å². The van der Waals surface area contributed by atoms with E-state index in [1.54, 1.807) is 42.7 Å². The number of halogens is 1. The molecule has 8 nitrogen and oxygen atoms in total. The Bertz CT molecular complexity index is 941. The van der Waals surface area contributed by atoms with Crippen LogP contribution in [0.15, 0.2) is 48.8 Å². The van der Waals surface area contributed by atoms with Gasteiger partial charge in [0, 0.05) is 25.9 Å². The van der Waals surface area contributed by atoms with Crippen LogP contribution in [-0.2, 0) is 27.2 Å². The van der Waals surface area contributed by atoms with E-state index in [9.17, 15) is 23.9 Å². The Morgan fingerprint density at radius 2 is 1.91 bits per heavy atom. The Kier molecular flexibility index (Phi) is 9.93. The van der Waals surface area contributed by atoms with Gasteiger partial charge in [-0.1, -0.05) is 44.0 Å². The normalized spacial score (nSPS) is 13.6. The third kappa shape index (κ3) is 7.64. The third-order valence-electron chi connectivity index (χ3n) is 5.45. The summed E-state index contributed by atoms with van der Waals surface area (Å²) in [5.74, 6) is -2.74. The number of nitrogens with two attached hydrogens (primary N) is 1. The lowest BCUT2D eigenvalue weighted by atomic mass is 10.0. The van der Waals surface area contributed by atoms with Crippen molar-refractivity contribution in [2.45, 2.75) is 57.2 Å². The second kappa shape index (κ2) is 12.6. The zero-order valence-electron chi connectivity index (χ0n) is 18.9. The number of aromatic nitrogens is 1. The van der Waals surface area contributed by atoms with Crippen LogP contribution in [-0.4, -0.2) is 57.9 Å². The van der Waals surface area contributed by atoms with Gasteiger partial charge in [-0.3, -0.25) is 14.6 Å². The highest BCUT2D eigenvalue weighted by molar-refractivity contribution is 5.91. The van der Waals surface area contributed by atoms with Crippen molar-refractivity contribution in [2.75, 3.05) is 7.05 Å². The average Bonchev–Trinajstić information content (AvgIpc) is 2.81. The van der Waals surface area contributed by atoms with Gasteiger partial charge in [0.25, 0.3) is 0 Å². The molecule has 0 saturated heterocycles. The Morgan fingerprint density at radius 1 is 1.18 bits per heavy atom. The largest absolute Gasteiger partial charge is 0.480 e. The second-order valence-electron chi connectivity index (χ2n) is 7.97. The lowest BCUT2D eigenvalue weighted by Crippen LogP contribution is -2.55. The molecule has 2 amide bonds. The number of carboxylic acids is 1. The van der Waals surface area contributed by atoms with Crippen LogP contribution in [0.25, 0.3) is 0 Å². The minimum absolute atomic E-state index is 0.0260. The molecule has 1 aromatic carbocycles. The molecule has 0 bridgehead atoms. The first-order chi connectivity index (χ1) is 15.7. The minimum Gasteiger partial charge on any atom is -0.480 e. The molecule has 178 valence electrons. The molecule has 0 unspecified atom stereocenters. The number of amides is 2. The van der Waals surface area contributed by atoms with Crippen molar-refractivity contribution in [3.05, 3.63) is 65.7 Å². The van der Waals surface area contributed by atoms with Crippen molar-refractivity contribution in [1.82, 2.24) is 15.2 Å². The molecule has 4 N–H and O–H groups in total. The van der Waals surface area contributed by atoms with E-state index < -0.39 is 41.7 Å². The first-order valence-electron chi connectivity index (χ1n) is 10.9. The monoisotopic (exact) mass is 458 g/mol. The summed E-state index contributed by atoms with van der Waals surface area (Å²) in [5, 5.41) is 12.4. The summed E-state index contributed by atoms with van der Waals surface area (Å²) in [6, 6.07) is 6.33. The number of hydrogen-bond acceptors (Lipinski definition) is 5. The van der Waals surface area contributed by atoms with Crippen molar-refractivity contribution in [3.8, 4) is 0 Å². The van der Waals surface area contributed by atoms with E-state index in [0.717, 1.165) is 11.3 Å². The number of carboxylic acid groups (broad SMARTS) is 1. The highest BCUT2D eigenvalue weighted by Crippen LogP contribution is 2.13. The Balaban J connectivity index is 2.12. The SMILES string of the molecule is CCCC[C@H](NC(=O)[C@@H](N)Cc1ccccc1F)C(=O)N(C)[C@@H](Cc1cccnc1)C(=O)O. The molecule has 0 radical (unpaired) electrons. The highest BCUT2D eigenvalue weighted by atomic mass is 19.1. The van der Waals surface area contributed by atoms with E-state index in [2.05, 4.69) is 10.3 Å². The molecule has 0 fully saturated rings. The molecule has 0 spiro atoms. The number of rotatable bonds is 12. The quantitative estimate of drug-likeness (QED) is 0.446. The van der Waals surface area contributed by atoms with Gasteiger partial charge in [-0.05, 0) is 36.1 Å². The Hall–Kier alpha value is -3.33. The number of unbranched alkanes of at least 4 members (excludes halogenated alkanes) is 1. The molecule has 3 atom stereocenters. The fraction of sp³-hybridized carbons (Fsp3) is 0.417. The highest BCUT2D eigenvalue weighted by Gasteiger charge is 2.32. The maximum atomic E-state index is 13.9. The number of benzene rings is 1. The van der Waals surface area contributed by atoms with Gasteiger partial charge in [0.05, 0.1) is 6.04 Å². The van der Waals surface area contributed by atoms with E-state index >= 15 is 0 Å². The number of nitrogens with one attached hydrogen (secondary N) is 1. The number of carbonyl (C=O) groups excluding carboxylic acids is 2. The summed E-state index contributed by atoms with van der Waals surface area (Å²) >= 11 is 0. The molecule has 1 heterocycles. The molecule has 0 aliphatic carbocycles. The lowest BCUT2D eigenvalue weighted by Gasteiger charge is -2.30. The van der Waals surface area contributed by atoms with Crippen LogP contribution in [0.4, 0.5) is 4.39 Å². The number of nitrogens with zero attached hydrogens (tertiary/aromatic N) is 2. The smallest absolute Gasteiger partial charge is 0.326 e. The fourth-order valence-corrected chi connectivity index (χ4v) is 3.47. The number of hydrogen-bond donors (Lipinski definition) is 3. The van der Waals surface area contributed by atoms with Gasteiger partial charge in [0.15, 0.2) is 0 Å². The van der Waals surface area contributed by atoms with E-state index in [1.165, 1.54) is 13.1 Å². The third-order valence-corrected chi connectivity index (χ3v) is 5.45. The van der Waals surface area contributed by atoms with Gasteiger partial charge in [-0.15, -0.1) is 0 Å². The molecule has 0 saturated carbocycles. The van der Waals surface area contributed by atoms with Gasteiger partial charge < -0.3 is 21.1 Å². The summed E-state index contributed by atoms with van der Waals surface area (Å²) in [7, 11) is 1.40. The maximum absolute atomic E-state index is 13.9. The molecule has 9 heteroatoms. The topological polar surface area (TPSA) is 126 Å². The summed E-state index contributed by atoms with van der Waals surface area (Å²) in [6.07, 6.45) is 4.93. The van der Waals surface area contributed by atoms with Crippen molar-refractivity contribution < 1.29 is 23.9 Å². The molecule has 33 heavy (non-hydrogen) atoms. The van der Waals surface area contributed by atoms with Crippen LogP contribution in [0.2, 0.25) is 0 Å². The first kappa shape index (κ1) is 25.9. The van der Waals surface area contributed by atoms with E-state index in [1.807, 2.05) is 6.92 Å². The summed E-state index contributed by atoms with van der Waals surface area (Å²) in [4.78, 5) is 42.9. The lowest BCUT2D eigenvalue weighted by molar-refractivity contribution is -0.150. The number of likely N-dealkylation sites (N-methyl/N-ethyl adjacent to an activating group) is 1. The van der Waals surface area contributed by atoms with Crippen LogP contribution < -0.4 is 11.1 Å². The Morgan fingerprint density at radius 3 is 2.52 bits per heavy atom. The molecule has 1 aromatic heterocycles. The zero-order valence-corrected chi connectivity index (χ0v) is 18.9. The van der Waals surface area contributed by atoms with E-state index in [4.69, 9.17) is 5.73 Å². The van der Waals surface area contributed by atoms with E-state index in [0.29, 0.717) is 24.0 Å². The molecule has 2 rings (SSSR count). The van der Waals surface area contributed by atoms with Gasteiger partial charge in [-0.25, -0.2) is 9.18 Å². The van der Waals surface area contributed by atoms with Crippen LogP contribution in [0.3, 0.4) is 0 Å². The number of carbonyl (C=O) groups is 3. The Labute approximate surface area is 193 Å². The molecular weight excluding hydrogens is 427 g/mol. The average molecular weight is 459 g/mol. The van der Waals surface area contributed by atoms with Crippen LogP contribution in [0.5, 0.6) is 0 Å². The van der Waals surface area contributed by atoms with Crippen molar-refractivity contribution in [2.24, 2.45) is 5.73 Å². The first-order valence-corrected chi connectivity index (χ1v) is 10.9. The number of pyridine rings is 1. The maximum Gasteiger partial charge on any atom is 0.326 e. The van der Waals surface area contributed by atoms with E-state index in [-0.39, 0.29) is 12.8 Å². The minimum atomic E-state index is -1.16. The van der Waals surface area contributed by atoms with Gasteiger partial charge in [0.1, 0.15) is 17.9 Å². The predicted molar refractivity (Wildman–Crippen MR) is 122 cm³/mol. The molecule has 0 aliphatic heterocycles. The second-order valence-corrected chi connectivity index (χ2v) is 7.97.